The molecule has 1 amide bonds. The molecule has 170 valence electrons. The summed E-state index contributed by atoms with van der Waals surface area (Å²) in [5, 5.41) is 12.5. The van der Waals surface area contributed by atoms with Gasteiger partial charge in [0.25, 0.3) is 0 Å². The van der Waals surface area contributed by atoms with Crippen molar-refractivity contribution >= 4 is 40.1 Å². The number of rotatable bonds is 4. The van der Waals surface area contributed by atoms with E-state index in [1.165, 1.54) is 12.1 Å². The second-order valence-electron chi connectivity index (χ2n) is 8.47. The van der Waals surface area contributed by atoms with Crippen molar-refractivity contribution in [2.75, 3.05) is 18.4 Å². The molecule has 3 rings (SSSR count). The van der Waals surface area contributed by atoms with Gasteiger partial charge < -0.3 is 19.7 Å². The predicted octanol–water partition coefficient (Wildman–Crippen LogP) is 5.96. The van der Waals surface area contributed by atoms with Gasteiger partial charge in [0.1, 0.15) is 40.7 Å². The van der Waals surface area contributed by atoms with Crippen LogP contribution in [-0.4, -0.2) is 35.8 Å². The number of hydrogen-bond acceptors (Lipinski definition) is 5. The molecule has 0 bridgehead atoms. The molecule has 1 heterocycles. The lowest BCUT2D eigenvalue weighted by atomic mass is 10.1. The number of piperidine rings is 1. The maximum Gasteiger partial charge on any atom is 0.410 e. The average molecular weight is 555 g/mol. The molecule has 0 radical (unpaired) electrons. The average Bonchev–Trinajstić information content (AvgIpc) is 2.69. The molecule has 0 aromatic heterocycles. The summed E-state index contributed by atoms with van der Waals surface area (Å²) in [6.45, 7) is 6.27. The highest BCUT2D eigenvalue weighted by Gasteiger charge is 2.28. The summed E-state index contributed by atoms with van der Waals surface area (Å²) in [4.78, 5) is 13.8. The van der Waals surface area contributed by atoms with Crippen LogP contribution in [0, 0.1) is 26.5 Å². The molecule has 1 aliphatic rings. The van der Waals surface area contributed by atoms with Gasteiger partial charge in [0.05, 0.1) is 11.4 Å². The van der Waals surface area contributed by atoms with Gasteiger partial charge in [-0.2, -0.15) is 5.26 Å². The van der Waals surface area contributed by atoms with Gasteiger partial charge in [0.15, 0.2) is 0 Å². The van der Waals surface area contributed by atoms with E-state index in [0.717, 1.165) is 12.1 Å². The first-order chi connectivity index (χ1) is 15.1. The van der Waals surface area contributed by atoms with E-state index in [4.69, 9.17) is 9.47 Å². The topological polar surface area (TPSA) is 74.6 Å². The second-order valence-corrected chi connectivity index (χ2v) is 9.72. The Morgan fingerprint density at radius 1 is 1.19 bits per heavy atom. The van der Waals surface area contributed by atoms with E-state index < -0.39 is 17.2 Å². The minimum atomic E-state index is -0.612. The Hall–Kier alpha value is -2.61. The molecular formula is C23H24F2IN3O3. The van der Waals surface area contributed by atoms with Crippen LogP contribution >= 0.6 is 22.6 Å². The van der Waals surface area contributed by atoms with Crippen molar-refractivity contribution in [2.24, 2.45) is 0 Å². The normalized spacial score (nSPS) is 14.6. The zero-order valence-corrected chi connectivity index (χ0v) is 20.2. The molecule has 0 spiro atoms. The van der Waals surface area contributed by atoms with Crippen molar-refractivity contribution in [2.45, 2.75) is 45.3 Å². The first-order valence-corrected chi connectivity index (χ1v) is 11.2. The minimum Gasteiger partial charge on any atom is -0.489 e. The van der Waals surface area contributed by atoms with E-state index >= 15 is 0 Å². The number of halogens is 3. The van der Waals surface area contributed by atoms with Crippen LogP contribution in [-0.2, 0) is 4.74 Å². The predicted molar refractivity (Wildman–Crippen MR) is 125 cm³/mol. The molecule has 0 aliphatic carbocycles. The van der Waals surface area contributed by atoms with E-state index in [1.807, 2.05) is 49.4 Å². The Labute approximate surface area is 199 Å². The summed E-state index contributed by atoms with van der Waals surface area (Å²) in [6, 6.07) is 8.87. The van der Waals surface area contributed by atoms with Gasteiger partial charge in [-0.25, -0.2) is 13.6 Å². The van der Waals surface area contributed by atoms with Gasteiger partial charge in [-0.3, -0.25) is 0 Å². The molecule has 1 saturated heterocycles. The quantitative estimate of drug-likeness (QED) is 0.472. The van der Waals surface area contributed by atoms with E-state index in [9.17, 15) is 18.8 Å². The lowest BCUT2D eigenvalue weighted by Gasteiger charge is -2.33. The molecule has 9 heteroatoms. The number of nitrogens with zero attached hydrogens (tertiary/aromatic N) is 2. The Morgan fingerprint density at radius 3 is 2.47 bits per heavy atom. The lowest BCUT2D eigenvalue weighted by molar-refractivity contribution is 0.0126. The monoisotopic (exact) mass is 555 g/mol. The van der Waals surface area contributed by atoms with Crippen LogP contribution in [0.2, 0.25) is 0 Å². The number of benzene rings is 2. The number of carbonyl (C=O) groups excluding carboxylic acids is 1. The summed E-state index contributed by atoms with van der Waals surface area (Å²) < 4.78 is 40.6. The van der Waals surface area contributed by atoms with Crippen molar-refractivity contribution in [3.63, 3.8) is 0 Å². The smallest absolute Gasteiger partial charge is 0.410 e. The summed E-state index contributed by atoms with van der Waals surface area (Å²) in [5.74, 6) is -1.04. The van der Waals surface area contributed by atoms with Crippen LogP contribution in [0.15, 0.2) is 30.3 Å². The van der Waals surface area contributed by atoms with Crippen LogP contribution < -0.4 is 10.1 Å². The van der Waals surface area contributed by atoms with Gasteiger partial charge >= 0.3 is 6.09 Å². The molecule has 0 saturated carbocycles. The summed E-state index contributed by atoms with van der Waals surface area (Å²) in [6.07, 6.45) is 0.334. The number of nitriles is 1. The molecule has 2 aromatic carbocycles. The maximum atomic E-state index is 14.3. The number of amides is 1. The van der Waals surface area contributed by atoms with Gasteiger partial charge in [-0.1, -0.05) is 0 Å². The lowest BCUT2D eigenvalue weighted by Crippen LogP contribution is -2.44. The zero-order chi connectivity index (χ0) is 23.5. The van der Waals surface area contributed by atoms with E-state index in [-0.39, 0.29) is 34.9 Å². The van der Waals surface area contributed by atoms with Crippen molar-refractivity contribution in [3.05, 3.63) is 51.1 Å². The van der Waals surface area contributed by atoms with E-state index in [2.05, 4.69) is 5.32 Å². The second kappa shape index (κ2) is 9.90. The zero-order valence-electron chi connectivity index (χ0n) is 18.0. The first-order valence-electron chi connectivity index (χ1n) is 10.2. The van der Waals surface area contributed by atoms with Crippen LogP contribution in [0.1, 0.15) is 39.2 Å². The van der Waals surface area contributed by atoms with Gasteiger partial charge in [-0.05, 0) is 67.6 Å². The van der Waals surface area contributed by atoms with Crippen molar-refractivity contribution in [1.29, 1.82) is 5.26 Å². The summed E-state index contributed by atoms with van der Waals surface area (Å²) in [5.41, 5.74) is -0.245. The fourth-order valence-electron chi connectivity index (χ4n) is 3.29. The highest BCUT2D eigenvalue weighted by Crippen LogP contribution is 2.33. The molecule has 1 N–H and O–H groups in total. The molecule has 0 atom stereocenters. The highest BCUT2D eigenvalue weighted by atomic mass is 127. The Bertz CT molecular complexity index is 1040. The SMILES string of the molecule is CC(C)(C)OC(=O)N1CCC(Oc2cc(F)cc(Nc3ccc(I)cc3F)c2C#N)CC1. The number of nitrogens with one attached hydrogen (secondary N) is 1. The number of anilines is 2. The van der Waals surface area contributed by atoms with Gasteiger partial charge in [0, 0.05) is 35.6 Å². The molecule has 2 aromatic rings. The van der Waals surface area contributed by atoms with Gasteiger partial charge in [0.2, 0.25) is 0 Å². The molecule has 32 heavy (non-hydrogen) atoms. The van der Waals surface area contributed by atoms with Crippen molar-refractivity contribution in [1.82, 2.24) is 4.90 Å². The van der Waals surface area contributed by atoms with Crippen molar-refractivity contribution in [3.8, 4) is 11.8 Å². The fraction of sp³-hybridized carbons (Fsp3) is 0.391. The summed E-state index contributed by atoms with van der Waals surface area (Å²) in [7, 11) is 0. The van der Waals surface area contributed by atoms with Gasteiger partial charge in [-0.15, -0.1) is 0 Å². The first kappa shape index (κ1) is 24.0. The largest absolute Gasteiger partial charge is 0.489 e. The number of likely N-dealkylation sites (tertiary alicyclic amines) is 1. The molecular weight excluding hydrogens is 531 g/mol. The van der Waals surface area contributed by atoms with E-state index in [1.54, 1.807) is 11.0 Å². The van der Waals surface area contributed by atoms with Crippen molar-refractivity contribution < 1.29 is 23.0 Å². The third kappa shape index (κ3) is 6.22. The van der Waals surface area contributed by atoms with E-state index in [0.29, 0.717) is 29.5 Å². The fourth-order valence-corrected chi connectivity index (χ4v) is 3.74. The maximum absolute atomic E-state index is 14.3. The molecule has 6 nitrogen and oxygen atoms in total. The molecule has 0 unspecified atom stereocenters. The Balaban J connectivity index is 1.72. The molecule has 1 fully saturated rings. The number of carbonyl (C=O) groups is 1. The number of ether oxygens (including phenoxy) is 2. The highest BCUT2D eigenvalue weighted by molar-refractivity contribution is 14.1. The van der Waals surface area contributed by atoms with Crippen LogP contribution in [0.3, 0.4) is 0 Å². The summed E-state index contributed by atoms with van der Waals surface area (Å²) >= 11 is 1.99. The molecule has 1 aliphatic heterocycles. The minimum absolute atomic E-state index is 0.0802. The van der Waals surface area contributed by atoms with Crippen LogP contribution in [0.25, 0.3) is 0 Å². The Morgan fingerprint density at radius 2 is 1.88 bits per heavy atom. The Kier molecular flexibility index (Phi) is 7.44. The third-order valence-electron chi connectivity index (χ3n) is 4.77. The number of hydrogen-bond donors (Lipinski definition) is 1. The van der Waals surface area contributed by atoms with Crippen LogP contribution in [0.4, 0.5) is 25.0 Å². The third-order valence-corrected chi connectivity index (χ3v) is 5.44. The van der Waals surface area contributed by atoms with Crippen LogP contribution in [0.5, 0.6) is 5.75 Å². The standard InChI is InChI=1S/C23H24F2IN3O3/c1-23(2,3)32-22(30)29-8-6-16(7-9-29)31-21-11-14(24)10-20(17(21)13-27)28-19-5-4-15(26)12-18(19)25/h4-5,10-12,16,28H,6-9H2,1-3H3.